The van der Waals surface area contributed by atoms with Gasteiger partial charge >= 0.3 is 22.3 Å². The zero-order valence-electron chi connectivity index (χ0n) is 17.9. The number of aromatic carboxylic acids is 1. The largest absolute Gasteiger partial charge is 0.506 e. The standard InChI is InChI=1S/C10H9NO3.C8H5NO3.C2H6O4S/c1-13-9-7(6-11)4-3-5-8(9)10(12)14-2;9-4-5-2-1-3-6(7(5)10)8(11)12;1-5-7(3,4)6-2/h3-5H,1-2H3;1-3,10H,(H,11,12);1-2H3. The summed E-state index contributed by atoms with van der Waals surface area (Å²) in [7, 11) is 1.08. The number of esters is 1. The lowest BCUT2D eigenvalue weighted by atomic mass is 10.1. The summed E-state index contributed by atoms with van der Waals surface area (Å²) in [6.07, 6.45) is 0. The number of para-hydroxylation sites is 2. The lowest BCUT2D eigenvalue weighted by Crippen LogP contribution is -2.05. The van der Waals surface area contributed by atoms with E-state index in [1.807, 2.05) is 6.07 Å². The molecule has 2 rings (SSSR count). The Bertz CT molecular complexity index is 1150. The van der Waals surface area contributed by atoms with E-state index in [2.05, 4.69) is 13.1 Å². The highest BCUT2D eigenvalue weighted by molar-refractivity contribution is 7.81. The van der Waals surface area contributed by atoms with E-state index in [1.165, 1.54) is 32.4 Å². The molecule has 0 saturated carbocycles. The highest BCUT2D eigenvalue weighted by Crippen LogP contribution is 2.23. The van der Waals surface area contributed by atoms with Crippen LogP contribution in [0.5, 0.6) is 11.5 Å². The molecule has 0 aliphatic carbocycles. The van der Waals surface area contributed by atoms with Crippen molar-refractivity contribution < 1.29 is 46.1 Å². The highest BCUT2D eigenvalue weighted by atomic mass is 32.3. The molecule has 0 amide bonds. The van der Waals surface area contributed by atoms with Crippen LogP contribution in [0.25, 0.3) is 0 Å². The number of carbonyl (C=O) groups excluding carboxylic acids is 1. The fourth-order valence-corrected chi connectivity index (χ4v) is 2.13. The molecule has 0 heterocycles. The van der Waals surface area contributed by atoms with Crippen LogP contribution in [0.2, 0.25) is 0 Å². The topological polar surface area (TPSA) is 193 Å². The molecule has 33 heavy (non-hydrogen) atoms. The van der Waals surface area contributed by atoms with Gasteiger partial charge in [0.05, 0.1) is 39.6 Å². The smallest absolute Gasteiger partial charge is 0.399 e. The van der Waals surface area contributed by atoms with Crippen molar-refractivity contribution in [2.45, 2.75) is 0 Å². The zero-order chi connectivity index (χ0) is 25.6. The predicted octanol–water partition coefficient (Wildman–Crippen LogP) is 1.84. The number of methoxy groups -OCH3 is 2. The number of rotatable bonds is 5. The third-order valence-corrected chi connectivity index (χ3v) is 4.36. The van der Waals surface area contributed by atoms with E-state index in [9.17, 15) is 18.0 Å². The van der Waals surface area contributed by atoms with Gasteiger partial charge in [0.25, 0.3) is 0 Å². The molecule has 0 unspecified atom stereocenters. The molecule has 0 atom stereocenters. The van der Waals surface area contributed by atoms with Crippen LogP contribution in [0.4, 0.5) is 0 Å². The van der Waals surface area contributed by atoms with Gasteiger partial charge in [-0.05, 0) is 24.3 Å². The SMILES string of the molecule is COC(=O)c1cccc(C#N)c1OC.COS(=O)(=O)OC.N#Cc1cccc(C(=O)O)c1O. The first-order chi connectivity index (χ1) is 15.5. The Morgan fingerprint density at radius 2 is 1.36 bits per heavy atom. The molecule has 0 aliphatic rings. The van der Waals surface area contributed by atoms with Gasteiger partial charge in [-0.25, -0.2) is 9.59 Å². The van der Waals surface area contributed by atoms with Gasteiger partial charge in [0.15, 0.2) is 5.75 Å². The van der Waals surface area contributed by atoms with Crippen LogP contribution >= 0.6 is 0 Å². The summed E-state index contributed by atoms with van der Waals surface area (Å²) in [6, 6.07) is 12.3. The summed E-state index contributed by atoms with van der Waals surface area (Å²) < 4.78 is 37.0. The second-order valence-corrected chi connectivity index (χ2v) is 6.83. The maximum absolute atomic E-state index is 11.2. The van der Waals surface area contributed by atoms with Gasteiger partial charge in [-0.15, -0.1) is 0 Å². The number of carboxylic acid groups (broad SMARTS) is 1. The second-order valence-electron chi connectivity index (χ2n) is 5.35. The first-order valence-corrected chi connectivity index (χ1v) is 9.83. The predicted molar refractivity (Wildman–Crippen MR) is 112 cm³/mol. The Labute approximate surface area is 190 Å². The van der Waals surface area contributed by atoms with E-state index in [-0.39, 0.29) is 22.4 Å². The number of ether oxygens (including phenoxy) is 2. The number of hydrogen-bond donors (Lipinski definition) is 2. The molecule has 0 fully saturated rings. The number of aromatic hydroxyl groups is 1. The molecule has 2 aromatic rings. The molecule has 12 nitrogen and oxygen atoms in total. The fourth-order valence-electron chi connectivity index (χ4n) is 1.99. The maximum atomic E-state index is 11.2. The number of phenols is 1. The van der Waals surface area contributed by atoms with Crippen LogP contribution < -0.4 is 4.74 Å². The zero-order valence-corrected chi connectivity index (χ0v) is 18.7. The molecule has 0 spiro atoms. The summed E-state index contributed by atoms with van der Waals surface area (Å²) >= 11 is 0. The minimum Gasteiger partial charge on any atom is -0.506 e. The summed E-state index contributed by atoms with van der Waals surface area (Å²) in [4.78, 5) is 21.7. The maximum Gasteiger partial charge on any atom is 0.399 e. The third-order valence-electron chi connectivity index (χ3n) is 3.54. The number of benzene rings is 2. The molecule has 0 bridgehead atoms. The third kappa shape index (κ3) is 8.84. The monoisotopic (exact) mass is 480 g/mol. The number of nitriles is 2. The van der Waals surface area contributed by atoms with Crippen LogP contribution in [-0.2, 0) is 23.5 Å². The van der Waals surface area contributed by atoms with Crippen molar-refractivity contribution in [1.82, 2.24) is 0 Å². The number of hydrogen-bond acceptors (Lipinski definition) is 11. The van der Waals surface area contributed by atoms with Crippen molar-refractivity contribution in [2.75, 3.05) is 28.4 Å². The Morgan fingerprint density at radius 3 is 1.73 bits per heavy atom. The van der Waals surface area contributed by atoms with Gasteiger partial charge in [0.1, 0.15) is 29.0 Å². The highest BCUT2D eigenvalue weighted by Gasteiger charge is 2.15. The molecule has 2 aromatic carbocycles. The van der Waals surface area contributed by atoms with Gasteiger partial charge in [-0.1, -0.05) is 12.1 Å². The van der Waals surface area contributed by atoms with E-state index in [4.69, 9.17) is 25.5 Å². The van der Waals surface area contributed by atoms with Crippen LogP contribution in [0.3, 0.4) is 0 Å². The summed E-state index contributed by atoms with van der Waals surface area (Å²) in [5, 5.41) is 34.8. The van der Waals surface area contributed by atoms with Crippen LogP contribution in [-0.4, -0.2) is 59.0 Å². The summed E-state index contributed by atoms with van der Waals surface area (Å²) in [6.45, 7) is 0. The summed E-state index contributed by atoms with van der Waals surface area (Å²) in [5.74, 6) is -1.99. The van der Waals surface area contributed by atoms with Crippen molar-refractivity contribution in [2.24, 2.45) is 0 Å². The van der Waals surface area contributed by atoms with Crippen molar-refractivity contribution in [3.8, 4) is 23.6 Å². The Kier molecular flexibility index (Phi) is 12.2. The van der Waals surface area contributed by atoms with Crippen LogP contribution in [0, 0.1) is 22.7 Å². The summed E-state index contributed by atoms with van der Waals surface area (Å²) in [5.41, 5.74) is 0.286. The van der Waals surface area contributed by atoms with Crippen molar-refractivity contribution in [1.29, 1.82) is 10.5 Å². The average molecular weight is 480 g/mol. The van der Waals surface area contributed by atoms with Crippen molar-refractivity contribution in [3.05, 3.63) is 58.7 Å². The Balaban J connectivity index is 0.000000492. The van der Waals surface area contributed by atoms with Crippen LogP contribution in [0.15, 0.2) is 36.4 Å². The molecule has 176 valence electrons. The Morgan fingerprint density at radius 1 is 0.879 bits per heavy atom. The molecule has 0 aliphatic heterocycles. The Hall–Kier alpha value is -4.17. The molecule has 13 heteroatoms. The van der Waals surface area contributed by atoms with Crippen molar-refractivity contribution in [3.63, 3.8) is 0 Å². The number of carboxylic acids is 1. The first kappa shape index (κ1) is 28.8. The molecular weight excluding hydrogens is 460 g/mol. The van der Waals surface area contributed by atoms with E-state index in [0.717, 1.165) is 14.2 Å². The van der Waals surface area contributed by atoms with Crippen LogP contribution in [0.1, 0.15) is 31.8 Å². The molecular formula is C20H20N2O10S. The van der Waals surface area contributed by atoms with E-state index < -0.39 is 28.1 Å². The second kappa shape index (κ2) is 14.0. The average Bonchev–Trinajstić information content (AvgIpc) is 2.83. The van der Waals surface area contributed by atoms with E-state index >= 15 is 0 Å². The van der Waals surface area contributed by atoms with Gasteiger partial charge in [0.2, 0.25) is 0 Å². The fraction of sp³-hybridized carbons (Fsp3) is 0.200. The molecule has 0 aromatic heterocycles. The van der Waals surface area contributed by atoms with Gasteiger partial charge < -0.3 is 19.7 Å². The van der Waals surface area contributed by atoms with E-state index in [1.54, 1.807) is 24.3 Å². The molecule has 0 radical (unpaired) electrons. The molecule has 2 N–H and O–H groups in total. The van der Waals surface area contributed by atoms with Gasteiger partial charge in [-0.3, -0.25) is 8.37 Å². The van der Waals surface area contributed by atoms with Gasteiger partial charge in [0, 0.05) is 0 Å². The lowest BCUT2D eigenvalue weighted by molar-refractivity contribution is 0.0596. The van der Waals surface area contributed by atoms with Crippen molar-refractivity contribution >= 4 is 22.3 Å². The van der Waals surface area contributed by atoms with Gasteiger partial charge in [-0.2, -0.15) is 18.9 Å². The minimum absolute atomic E-state index is 0.0325. The quantitative estimate of drug-likeness (QED) is 0.590. The number of nitrogens with zero attached hydrogens (tertiary/aromatic N) is 2. The van der Waals surface area contributed by atoms with E-state index in [0.29, 0.717) is 5.56 Å². The minimum atomic E-state index is -3.66. The lowest BCUT2D eigenvalue weighted by Gasteiger charge is -2.07. The molecule has 0 saturated heterocycles. The first-order valence-electron chi connectivity index (χ1n) is 8.50. The number of carbonyl (C=O) groups is 2. The normalized spacial score (nSPS) is 9.52.